The number of hydrogen-bond acceptors (Lipinski definition) is 3. The third-order valence-corrected chi connectivity index (χ3v) is 7.16. The van der Waals surface area contributed by atoms with Gasteiger partial charge in [-0.3, -0.25) is 14.9 Å². The number of benzene rings is 2. The van der Waals surface area contributed by atoms with E-state index in [1.165, 1.54) is 0 Å². The van der Waals surface area contributed by atoms with Crippen LogP contribution in [0.4, 0.5) is 5.69 Å². The van der Waals surface area contributed by atoms with Crippen molar-refractivity contribution in [3.8, 4) is 0 Å². The molecule has 1 saturated heterocycles. The number of anilines is 1. The van der Waals surface area contributed by atoms with Gasteiger partial charge in [0.25, 0.3) is 0 Å². The predicted octanol–water partition coefficient (Wildman–Crippen LogP) is 5.48. The van der Waals surface area contributed by atoms with Crippen molar-refractivity contribution >= 4 is 52.4 Å². The maximum Gasteiger partial charge on any atom is 0.321 e. The van der Waals surface area contributed by atoms with Crippen molar-refractivity contribution in [2.24, 2.45) is 5.41 Å². The first-order valence-electron chi connectivity index (χ1n) is 10.0. The van der Waals surface area contributed by atoms with Crippen molar-refractivity contribution in [2.75, 3.05) is 5.32 Å². The quantitative estimate of drug-likeness (QED) is 0.542. The summed E-state index contributed by atoms with van der Waals surface area (Å²) in [7, 11) is 0. The van der Waals surface area contributed by atoms with E-state index in [4.69, 9.17) is 34.8 Å². The molecule has 0 unspecified atom stereocenters. The molecule has 164 valence electrons. The lowest BCUT2D eigenvalue weighted by atomic mass is 9.62. The van der Waals surface area contributed by atoms with Gasteiger partial charge in [-0.2, -0.15) is 0 Å². The number of fused-ring (bicyclic) bond motifs is 2. The van der Waals surface area contributed by atoms with E-state index in [1.807, 2.05) is 6.07 Å². The topological polar surface area (TPSA) is 78.4 Å². The van der Waals surface area contributed by atoms with Crippen molar-refractivity contribution in [1.82, 2.24) is 5.32 Å². The molecule has 2 aliphatic rings. The Kier molecular flexibility index (Phi) is 5.54. The minimum Gasteiger partial charge on any atom is -0.480 e. The molecule has 4 atom stereocenters. The van der Waals surface area contributed by atoms with Crippen LogP contribution in [0.5, 0.6) is 0 Å². The molecule has 1 fully saturated rings. The zero-order valence-electron chi connectivity index (χ0n) is 17.3. The maximum absolute atomic E-state index is 13.7. The molecule has 3 N–H and O–H groups in total. The number of carboxylic acids is 1. The summed E-state index contributed by atoms with van der Waals surface area (Å²) < 4.78 is 0. The lowest BCUT2D eigenvalue weighted by Gasteiger charge is -2.37. The van der Waals surface area contributed by atoms with Crippen LogP contribution < -0.4 is 10.6 Å². The standard InChI is InChI=1S/C23H23Cl3N2O3/c1-22(2,3)10-17-23(13-6-5-12(24)9-16(13)27-21(23)31)18(19(28-17)20(29)30)11-4-7-14(25)15(26)8-11/h4-9,17-19,28H,10H2,1-3H3,(H,27,31)(H,29,30)/t17-,18+,19-,23+/m1/s1. The van der Waals surface area contributed by atoms with Crippen molar-refractivity contribution in [2.45, 2.75) is 50.6 Å². The van der Waals surface area contributed by atoms with Crippen LogP contribution in [0, 0.1) is 5.41 Å². The summed E-state index contributed by atoms with van der Waals surface area (Å²) in [5.41, 5.74) is 0.685. The highest BCUT2D eigenvalue weighted by Crippen LogP contribution is 2.56. The van der Waals surface area contributed by atoms with E-state index in [0.717, 1.165) is 5.56 Å². The van der Waals surface area contributed by atoms with Gasteiger partial charge < -0.3 is 10.4 Å². The van der Waals surface area contributed by atoms with Crippen LogP contribution >= 0.6 is 34.8 Å². The lowest BCUT2D eigenvalue weighted by Crippen LogP contribution is -2.49. The van der Waals surface area contributed by atoms with Crippen molar-refractivity contribution in [1.29, 1.82) is 0 Å². The third kappa shape index (κ3) is 3.62. The molecule has 2 aromatic carbocycles. The first-order valence-corrected chi connectivity index (χ1v) is 11.1. The fourth-order valence-electron chi connectivity index (χ4n) is 5.11. The Morgan fingerprint density at radius 1 is 1.10 bits per heavy atom. The first kappa shape index (κ1) is 22.4. The molecule has 31 heavy (non-hydrogen) atoms. The number of rotatable bonds is 3. The molecule has 0 radical (unpaired) electrons. The lowest BCUT2D eigenvalue weighted by molar-refractivity contribution is -0.139. The predicted molar refractivity (Wildman–Crippen MR) is 123 cm³/mol. The van der Waals surface area contributed by atoms with Crippen LogP contribution in [-0.2, 0) is 15.0 Å². The van der Waals surface area contributed by atoms with E-state index in [0.29, 0.717) is 32.7 Å². The van der Waals surface area contributed by atoms with Crippen LogP contribution in [0.15, 0.2) is 36.4 Å². The number of carbonyl (C=O) groups excluding carboxylic acids is 1. The van der Waals surface area contributed by atoms with Crippen molar-refractivity contribution < 1.29 is 14.7 Å². The average molecular weight is 482 g/mol. The Labute approximate surface area is 196 Å². The normalized spacial score (nSPS) is 27.4. The second-order valence-corrected chi connectivity index (χ2v) is 10.7. The fraction of sp³-hybridized carbons (Fsp3) is 0.391. The number of carbonyl (C=O) groups is 2. The molecule has 0 saturated carbocycles. The highest BCUT2D eigenvalue weighted by Gasteiger charge is 2.65. The molecule has 1 amide bonds. The number of halogens is 3. The van der Waals surface area contributed by atoms with Gasteiger partial charge in [-0.15, -0.1) is 0 Å². The molecule has 2 heterocycles. The average Bonchev–Trinajstić information content (AvgIpc) is 3.12. The van der Waals surface area contributed by atoms with E-state index in [-0.39, 0.29) is 11.3 Å². The van der Waals surface area contributed by atoms with E-state index in [1.54, 1.807) is 30.3 Å². The van der Waals surface area contributed by atoms with Crippen LogP contribution in [0.25, 0.3) is 0 Å². The number of hydrogen-bond donors (Lipinski definition) is 3. The number of aliphatic carboxylic acids is 1. The minimum atomic E-state index is -1.15. The Balaban J connectivity index is 2.01. The van der Waals surface area contributed by atoms with Gasteiger partial charge in [0.2, 0.25) is 5.91 Å². The number of nitrogens with one attached hydrogen (secondary N) is 2. The van der Waals surface area contributed by atoms with Crippen LogP contribution in [0.3, 0.4) is 0 Å². The monoisotopic (exact) mass is 480 g/mol. The highest BCUT2D eigenvalue weighted by atomic mass is 35.5. The summed E-state index contributed by atoms with van der Waals surface area (Å²) in [5.74, 6) is -1.97. The number of carboxylic acid groups (broad SMARTS) is 1. The Bertz CT molecular complexity index is 1080. The summed E-state index contributed by atoms with van der Waals surface area (Å²) in [6.07, 6.45) is 0.587. The summed E-state index contributed by atoms with van der Waals surface area (Å²) in [6.45, 7) is 6.21. The Morgan fingerprint density at radius 3 is 2.42 bits per heavy atom. The van der Waals surface area contributed by atoms with Gasteiger partial charge in [-0.1, -0.05) is 67.7 Å². The molecular weight excluding hydrogens is 459 g/mol. The maximum atomic E-state index is 13.7. The SMILES string of the molecule is CC(C)(C)C[C@H]1N[C@@H](C(=O)O)[C@H](c2ccc(Cl)c(Cl)c2)[C@@]12C(=O)Nc1cc(Cl)ccc12. The van der Waals surface area contributed by atoms with Crippen molar-refractivity contribution in [3.63, 3.8) is 0 Å². The van der Waals surface area contributed by atoms with Crippen LogP contribution in [0.1, 0.15) is 44.2 Å². The smallest absolute Gasteiger partial charge is 0.321 e. The van der Waals surface area contributed by atoms with Crippen molar-refractivity contribution in [3.05, 3.63) is 62.6 Å². The molecule has 0 bridgehead atoms. The van der Waals surface area contributed by atoms with E-state index < -0.39 is 29.4 Å². The van der Waals surface area contributed by atoms with Gasteiger partial charge in [0.05, 0.1) is 10.0 Å². The Hall–Kier alpha value is -1.79. The minimum absolute atomic E-state index is 0.157. The molecule has 0 aromatic heterocycles. The van der Waals surface area contributed by atoms with Gasteiger partial charge in [0.1, 0.15) is 11.5 Å². The second-order valence-electron chi connectivity index (χ2n) is 9.46. The summed E-state index contributed by atoms with van der Waals surface area (Å²) in [6, 6.07) is 8.90. The van der Waals surface area contributed by atoms with Crippen LogP contribution in [-0.4, -0.2) is 29.1 Å². The molecule has 5 nitrogen and oxygen atoms in total. The summed E-state index contributed by atoms with van der Waals surface area (Å²) >= 11 is 18.6. The fourth-order valence-corrected chi connectivity index (χ4v) is 5.59. The van der Waals surface area contributed by atoms with Gasteiger partial charge in [-0.05, 0) is 47.2 Å². The van der Waals surface area contributed by atoms with Gasteiger partial charge in [-0.25, -0.2) is 0 Å². The summed E-state index contributed by atoms with van der Waals surface area (Å²) in [4.78, 5) is 26.1. The van der Waals surface area contributed by atoms with E-state index >= 15 is 0 Å². The van der Waals surface area contributed by atoms with Gasteiger partial charge in [0.15, 0.2) is 0 Å². The molecule has 8 heteroatoms. The first-order chi connectivity index (χ1) is 14.4. The molecule has 2 aliphatic heterocycles. The van der Waals surface area contributed by atoms with E-state index in [2.05, 4.69) is 31.4 Å². The molecule has 2 aromatic rings. The van der Waals surface area contributed by atoms with E-state index in [9.17, 15) is 14.7 Å². The van der Waals surface area contributed by atoms with Gasteiger partial charge >= 0.3 is 5.97 Å². The van der Waals surface area contributed by atoms with Crippen LogP contribution in [0.2, 0.25) is 15.1 Å². The molecular formula is C23H23Cl3N2O3. The third-order valence-electron chi connectivity index (χ3n) is 6.19. The largest absolute Gasteiger partial charge is 0.480 e. The zero-order valence-corrected chi connectivity index (χ0v) is 19.6. The highest BCUT2D eigenvalue weighted by molar-refractivity contribution is 6.42. The molecule has 1 spiro atoms. The Morgan fingerprint density at radius 2 is 1.81 bits per heavy atom. The molecule has 0 aliphatic carbocycles. The second kappa shape index (κ2) is 7.66. The number of amides is 1. The molecule has 4 rings (SSSR count). The van der Waals surface area contributed by atoms with Gasteiger partial charge in [0, 0.05) is 22.7 Å². The zero-order chi connectivity index (χ0) is 22.7. The summed E-state index contributed by atoms with van der Waals surface area (Å²) in [5, 5.41) is 17.5.